The zero-order chi connectivity index (χ0) is 6.04. The number of hydrogen-bond acceptors (Lipinski definition) is 6. The zero-order valence-electron chi connectivity index (χ0n) is 3.73. The van der Waals surface area contributed by atoms with Gasteiger partial charge in [-0.3, -0.25) is 0 Å². The second-order valence-corrected chi connectivity index (χ2v) is 9.19. The lowest BCUT2D eigenvalue weighted by Crippen LogP contribution is -1.77. The summed E-state index contributed by atoms with van der Waals surface area (Å²) in [5.41, 5.74) is 0. The predicted octanol–water partition coefficient (Wildman–Crippen LogP) is 3.19. The minimum absolute atomic E-state index is 0.160. The molecule has 0 bridgehead atoms. The predicted molar refractivity (Wildman–Crippen MR) is 55.9 cm³/mol. The highest BCUT2D eigenvalue weighted by molar-refractivity contribution is 9.07. The van der Waals surface area contributed by atoms with Crippen LogP contribution in [0.4, 0.5) is 0 Å². The van der Waals surface area contributed by atoms with E-state index in [1.165, 1.54) is 0 Å². The van der Waals surface area contributed by atoms with E-state index in [-0.39, 0.29) is 2.74 Å². The Morgan fingerprint density at radius 1 is 1.50 bits per heavy atom. The summed E-state index contributed by atoms with van der Waals surface area (Å²) in [4.78, 5) is 0. The van der Waals surface area contributed by atoms with Gasteiger partial charge >= 0.3 is 0 Å². The summed E-state index contributed by atoms with van der Waals surface area (Å²) in [7, 11) is 7.11. The SMILES string of the molecule is SCSSC1(S)SS1. The summed E-state index contributed by atoms with van der Waals surface area (Å²) >= 11 is 8.38. The molecule has 0 aromatic carbocycles. The first-order valence-electron chi connectivity index (χ1n) is 1.77. The smallest absolute Gasteiger partial charge is 0.167 e. The molecule has 6 heteroatoms. The van der Waals surface area contributed by atoms with Crippen molar-refractivity contribution >= 4 is 68.4 Å². The van der Waals surface area contributed by atoms with Gasteiger partial charge in [-0.1, -0.05) is 21.6 Å². The molecule has 0 unspecified atom stereocenters. The molecule has 1 aliphatic heterocycles. The van der Waals surface area contributed by atoms with Gasteiger partial charge in [0.05, 0.1) is 0 Å². The molecule has 1 saturated heterocycles. The van der Waals surface area contributed by atoms with Gasteiger partial charge in [0.15, 0.2) is 2.74 Å². The molecule has 0 N–H and O–H groups in total. The van der Waals surface area contributed by atoms with Gasteiger partial charge in [-0.2, -0.15) is 12.6 Å². The molecule has 48 valence electrons. The highest BCUT2D eigenvalue weighted by Gasteiger charge is 2.43. The van der Waals surface area contributed by atoms with Crippen molar-refractivity contribution in [2.75, 3.05) is 5.08 Å². The van der Waals surface area contributed by atoms with Crippen LogP contribution in [0.5, 0.6) is 0 Å². The Bertz CT molecular complexity index is 76.6. The maximum absolute atomic E-state index is 4.33. The van der Waals surface area contributed by atoms with Crippen LogP contribution < -0.4 is 0 Å². The number of hydrogen-bond donors (Lipinski definition) is 2. The lowest BCUT2D eigenvalue weighted by molar-refractivity contribution is 2.05. The molecule has 0 saturated carbocycles. The fraction of sp³-hybridized carbons (Fsp3) is 1.00. The van der Waals surface area contributed by atoms with Crippen LogP contribution in [-0.2, 0) is 0 Å². The molecule has 0 amide bonds. The number of thiol groups is 2. The van der Waals surface area contributed by atoms with Gasteiger partial charge in [-0.15, -0.1) is 12.6 Å². The minimum atomic E-state index is 0.160. The van der Waals surface area contributed by atoms with E-state index in [0.29, 0.717) is 0 Å². The van der Waals surface area contributed by atoms with Gasteiger partial charge in [0, 0.05) is 5.08 Å². The second-order valence-electron chi connectivity index (χ2n) is 1.02. The Morgan fingerprint density at radius 2 is 2.12 bits per heavy atom. The summed E-state index contributed by atoms with van der Waals surface area (Å²) in [6, 6.07) is 0. The number of rotatable bonds is 3. The molecular formula is C2H4S6. The molecule has 0 radical (unpaired) electrons. The van der Waals surface area contributed by atoms with Crippen LogP contribution in [0.25, 0.3) is 0 Å². The Hall–Kier alpha value is 2.10. The normalized spacial score (nSPS) is 23.2. The molecule has 0 nitrogen and oxygen atoms in total. The van der Waals surface area contributed by atoms with Crippen molar-refractivity contribution < 1.29 is 0 Å². The first-order chi connectivity index (χ1) is 3.77. The van der Waals surface area contributed by atoms with Crippen LogP contribution in [0.3, 0.4) is 0 Å². The standard InChI is InChI=1S/C2H4S6/c3-1-5-6-2(4)7-8-2/h3-4H,1H2. The van der Waals surface area contributed by atoms with Crippen LogP contribution in [0, 0.1) is 0 Å². The third kappa shape index (κ3) is 2.79. The van der Waals surface area contributed by atoms with Crippen molar-refractivity contribution in [3.8, 4) is 0 Å². The maximum atomic E-state index is 4.33. The fourth-order valence-corrected chi connectivity index (χ4v) is 5.93. The van der Waals surface area contributed by atoms with Gasteiger partial charge in [0.25, 0.3) is 0 Å². The molecule has 0 spiro atoms. The average molecular weight is 220 g/mol. The highest BCUT2D eigenvalue weighted by atomic mass is 33.2. The lowest BCUT2D eigenvalue weighted by Gasteiger charge is -1.97. The maximum Gasteiger partial charge on any atom is 0.180 e. The van der Waals surface area contributed by atoms with Crippen LogP contribution in [0.1, 0.15) is 0 Å². The van der Waals surface area contributed by atoms with Gasteiger partial charge in [-0.05, 0) is 21.6 Å². The molecule has 1 fully saturated rings. The van der Waals surface area contributed by atoms with Crippen LogP contribution in [0.15, 0.2) is 0 Å². The molecule has 1 aliphatic rings. The van der Waals surface area contributed by atoms with Crippen molar-refractivity contribution in [1.82, 2.24) is 0 Å². The zero-order valence-corrected chi connectivity index (χ0v) is 8.79. The summed E-state index contributed by atoms with van der Waals surface area (Å²) < 4.78 is 0.160. The highest BCUT2D eigenvalue weighted by Crippen LogP contribution is 2.75. The van der Waals surface area contributed by atoms with Crippen LogP contribution in [0.2, 0.25) is 0 Å². The van der Waals surface area contributed by atoms with E-state index in [2.05, 4.69) is 25.3 Å². The molecule has 0 aromatic rings. The molecule has 1 rings (SSSR count). The Kier molecular flexibility index (Phi) is 3.57. The molecule has 8 heavy (non-hydrogen) atoms. The van der Waals surface area contributed by atoms with Gasteiger partial charge in [0.2, 0.25) is 0 Å². The van der Waals surface area contributed by atoms with Gasteiger partial charge < -0.3 is 0 Å². The van der Waals surface area contributed by atoms with Gasteiger partial charge in [-0.25, -0.2) is 0 Å². The van der Waals surface area contributed by atoms with Crippen LogP contribution >= 0.6 is 68.4 Å². The molecule has 0 aromatic heterocycles. The quantitative estimate of drug-likeness (QED) is 0.324. The molecule has 1 heterocycles. The van der Waals surface area contributed by atoms with E-state index in [1.54, 1.807) is 43.2 Å². The van der Waals surface area contributed by atoms with Crippen molar-refractivity contribution in [3.05, 3.63) is 0 Å². The summed E-state index contributed by atoms with van der Waals surface area (Å²) in [5, 5.41) is 0.869. The summed E-state index contributed by atoms with van der Waals surface area (Å²) in [6.07, 6.45) is 0. The Morgan fingerprint density at radius 3 is 2.50 bits per heavy atom. The van der Waals surface area contributed by atoms with Crippen molar-refractivity contribution in [3.63, 3.8) is 0 Å². The monoisotopic (exact) mass is 220 g/mol. The topological polar surface area (TPSA) is 0 Å². The largest absolute Gasteiger partial charge is 0.180 e. The first kappa shape index (κ1) is 8.20. The second kappa shape index (κ2) is 3.48. The van der Waals surface area contributed by atoms with E-state index < -0.39 is 0 Å². The van der Waals surface area contributed by atoms with E-state index in [0.717, 1.165) is 5.08 Å². The average Bonchev–Trinajstić information content (AvgIpc) is 2.45. The van der Waals surface area contributed by atoms with E-state index in [1.807, 2.05) is 0 Å². The fourth-order valence-electron chi connectivity index (χ4n) is 0.164. The lowest BCUT2D eigenvalue weighted by atomic mass is 11.8. The van der Waals surface area contributed by atoms with Crippen molar-refractivity contribution in [2.24, 2.45) is 0 Å². The first-order valence-corrected chi connectivity index (χ1v) is 7.32. The van der Waals surface area contributed by atoms with Crippen molar-refractivity contribution in [1.29, 1.82) is 0 Å². The molecular weight excluding hydrogens is 216 g/mol. The van der Waals surface area contributed by atoms with Gasteiger partial charge in [0.1, 0.15) is 0 Å². The minimum Gasteiger partial charge on any atom is -0.167 e. The van der Waals surface area contributed by atoms with E-state index in [9.17, 15) is 0 Å². The summed E-state index contributed by atoms with van der Waals surface area (Å²) in [6.45, 7) is 0. The summed E-state index contributed by atoms with van der Waals surface area (Å²) in [5.74, 6) is 0. The van der Waals surface area contributed by atoms with E-state index in [4.69, 9.17) is 0 Å². The third-order valence-electron chi connectivity index (χ3n) is 0.443. The van der Waals surface area contributed by atoms with E-state index >= 15 is 0 Å². The Labute approximate surface area is 75.7 Å². The van der Waals surface area contributed by atoms with Crippen LogP contribution in [-0.4, -0.2) is 7.83 Å². The molecule has 0 atom stereocenters. The van der Waals surface area contributed by atoms with Crippen molar-refractivity contribution in [2.45, 2.75) is 2.74 Å². The molecule has 0 aliphatic carbocycles. The third-order valence-corrected chi connectivity index (χ3v) is 9.40. The Balaban J connectivity index is 2.01.